The van der Waals surface area contributed by atoms with Crippen molar-refractivity contribution in [1.82, 2.24) is 17.2 Å². The highest BCUT2D eigenvalue weighted by Gasteiger charge is 2.27. The Hall–Kier alpha value is -3.48. The van der Waals surface area contributed by atoms with Crippen LogP contribution in [0.15, 0.2) is 117 Å². The van der Waals surface area contributed by atoms with Crippen LogP contribution < -0.4 is 0 Å². The normalized spacial score (nSPS) is 19.9. The summed E-state index contributed by atoms with van der Waals surface area (Å²) < 4.78 is 118. The van der Waals surface area contributed by atoms with E-state index < -0.39 is 40.1 Å². The summed E-state index contributed by atoms with van der Waals surface area (Å²) in [7, 11) is -14.5. The van der Waals surface area contributed by atoms with Crippen molar-refractivity contribution in [3.8, 4) is 0 Å². The van der Waals surface area contributed by atoms with E-state index >= 15 is 0 Å². The van der Waals surface area contributed by atoms with Crippen LogP contribution in [0.5, 0.6) is 0 Å². The molecule has 0 aliphatic carbocycles. The van der Waals surface area contributed by atoms with Crippen LogP contribution in [-0.2, 0) is 40.1 Å². The molecule has 1 aliphatic rings. The van der Waals surface area contributed by atoms with E-state index in [1.807, 2.05) is 76.2 Å². The Morgan fingerprint density at radius 2 is 0.298 bits per heavy atom. The SMILES string of the molecule is Cc1ccc(S(=O)(=O)N2CCCCCCCCCCN(S(=O)(=O)c3ccc(C)cc3)CCCCCCCCCCN(S(=O)(=O)c3ccc(C)cc3)CCCCCCCCCCN(S(=O)(=O)c3ccc(C)cc3)CCCCCCCCCC2)cc1. The first kappa shape index (κ1) is 71.3. The average molecular weight is 1240 g/mol. The third kappa shape index (κ3) is 25.3. The number of rotatable bonds is 8. The third-order valence-corrected chi connectivity index (χ3v) is 24.5. The average Bonchev–Trinajstić information content (AvgIpc) is 3.66. The molecule has 0 saturated carbocycles. The summed E-state index contributed by atoms with van der Waals surface area (Å²) in [4.78, 5) is 1.40. The van der Waals surface area contributed by atoms with Gasteiger partial charge < -0.3 is 0 Å². The minimum atomic E-state index is -3.62. The molecule has 0 bridgehead atoms. The number of hydrogen-bond acceptors (Lipinski definition) is 8. The maximum Gasteiger partial charge on any atom is 0.243 e. The van der Waals surface area contributed by atoms with E-state index in [9.17, 15) is 33.7 Å². The zero-order chi connectivity index (χ0) is 60.5. The van der Waals surface area contributed by atoms with E-state index in [1.165, 1.54) is 0 Å². The molecule has 0 N–H and O–H groups in total. The Bertz CT molecular complexity index is 2440. The molecule has 1 saturated heterocycles. The summed E-state index contributed by atoms with van der Waals surface area (Å²) >= 11 is 0. The lowest BCUT2D eigenvalue weighted by Gasteiger charge is -2.23. The van der Waals surface area contributed by atoms with Gasteiger partial charge in [-0.1, -0.05) is 225 Å². The van der Waals surface area contributed by atoms with Crippen molar-refractivity contribution in [2.24, 2.45) is 0 Å². The van der Waals surface area contributed by atoms with Crippen LogP contribution in [0.3, 0.4) is 0 Å². The zero-order valence-corrected chi connectivity index (χ0v) is 55.5. The highest BCUT2D eigenvalue weighted by Crippen LogP contribution is 2.25. The molecule has 84 heavy (non-hydrogen) atoms. The quantitative estimate of drug-likeness (QED) is 0.169. The molecule has 16 heteroatoms. The number of hydrogen-bond donors (Lipinski definition) is 0. The van der Waals surface area contributed by atoms with Gasteiger partial charge in [0.2, 0.25) is 40.1 Å². The molecular formula is C68H108N4O8S4. The Labute approximate surface area is 512 Å². The topological polar surface area (TPSA) is 150 Å². The molecule has 1 heterocycles. The van der Waals surface area contributed by atoms with Crippen LogP contribution in [-0.4, -0.2) is 103 Å². The molecular weight excluding hydrogens is 1130 g/mol. The van der Waals surface area contributed by atoms with Crippen LogP contribution in [0.25, 0.3) is 0 Å². The van der Waals surface area contributed by atoms with Crippen LogP contribution in [0, 0.1) is 27.7 Å². The van der Waals surface area contributed by atoms with E-state index in [2.05, 4.69) is 0 Å². The molecule has 0 amide bonds. The smallest absolute Gasteiger partial charge is 0.207 e. The number of sulfonamides is 4. The Morgan fingerprint density at radius 3 is 0.417 bits per heavy atom. The van der Waals surface area contributed by atoms with E-state index in [0.717, 1.165) is 228 Å². The van der Waals surface area contributed by atoms with Crippen molar-refractivity contribution < 1.29 is 33.7 Å². The van der Waals surface area contributed by atoms with Crippen molar-refractivity contribution in [2.75, 3.05) is 52.4 Å². The zero-order valence-electron chi connectivity index (χ0n) is 52.2. The van der Waals surface area contributed by atoms with Crippen LogP contribution >= 0.6 is 0 Å². The lowest BCUT2D eigenvalue weighted by atomic mass is 10.1. The fourth-order valence-corrected chi connectivity index (χ4v) is 17.5. The van der Waals surface area contributed by atoms with Crippen LogP contribution in [0.4, 0.5) is 0 Å². The van der Waals surface area contributed by atoms with Gasteiger partial charge in [-0.25, -0.2) is 33.7 Å². The molecule has 0 radical (unpaired) electrons. The van der Waals surface area contributed by atoms with E-state index in [-0.39, 0.29) is 0 Å². The van der Waals surface area contributed by atoms with Gasteiger partial charge in [0.25, 0.3) is 0 Å². The first-order valence-corrected chi connectivity index (χ1v) is 38.5. The predicted octanol–water partition coefficient (Wildman–Crippen LogP) is 16.5. The summed E-state index contributed by atoms with van der Waals surface area (Å²) in [5, 5.41) is 0. The summed E-state index contributed by atoms with van der Waals surface area (Å²) in [6.45, 7) is 11.9. The molecule has 0 unspecified atom stereocenters. The molecule has 5 rings (SSSR count). The lowest BCUT2D eigenvalue weighted by molar-refractivity contribution is 0.375. The van der Waals surface area contributed by atoms with Gasteiger partial charge >= 0.3 is 0 Å². The Kier molecular flexibility index (Phi) is 32.9. The summed E-state index contributed by atoms with van der Waals surface area (Å²) in [5.74, 6) is 0. The van der Waals surface area contributed by atoms with Crippen molar-refractivity contribution in [3.05, 3.63) is 119 Å². The minimum absolute atomic E-state index is 0.351. The maximum absolute atomic E-state index is 14.0. The third-order valence-electron chi connectivity index (χ3n) is 16.9. The second-order valence-corrected chi connectivity index (χ2v) is 31.9. The maximum atomic E-state index is 14.0. The molecule has 4 aromatic rings. The summed E-state index contributed by atoms with van der Waals surface area (Å²) in [5.41, 5.74) is 4.11. The predicted molar refractivity (Wildman–Crippen MR) is 347 cm³/mol. The fraction of sp³-hybridized carbons (Fsp3) is 0.647. The first-order valence-electron chi connectivity index (χ1n) is 32.7. The summed E-state index contributed by atoms with van der Waals surface area (Å²) in [6.07, 6.45) is 30.9. The molecule has 1 aliphatic heterocycles. The number of benzene rings is 4. The second-order valence-electron chi connectivity index (χ2n) is 24.2. The summed E-state index contributed by atoms with van der Waals surface area (Å²) in [6, 6.07) is 28.7. The van der Waals surface area contributed by atoms with Gasteiger partial charge in [0.05, 0.1) is 19.6 Å². The fourth-order valence-electron chi connectivity index (χ4n) is 11.4. The molecule has 472 valence electrons. The van der Waals surface area contributed by atoms with E-state index in [0.29, 0.717) is 71.9 Å². The largest absolute Gasteiger partial charge is 0.243 e. The van der Waals surface area contributed by atoms with Gasteiger partial charge in [-0.3, -0.25) is 0 Å². The van der Waals surface area contributed by atoms with Gasteiger partial charge in [0, 0.05) is 52.4 Å². The van der Waals surface area contributed by atoms with Gasteiger partial charge in [0.15, 0.2) is 0 Å². The van der Waals surface area contributed by atoms with E-state index in [4.69, 9.17) is 0 Å². The number of nitrogens with zero attached hydrogens (tertiary/aromatic N) is 4. The monoisotopic (exact) mass is 1240 g/mol. The highest BCUT2D eigenvalue weighted by molar-refractivity contribution is 7.90. The Morgan fingerprint density at radius 1 is 0.190 bits per heavy atom. The minimum Gasteiger partial charge on any atom is -0.207 e. The van der Waals surface area contributed by atoms with Gasteiger partial charge in [-0.15, -0.1) is 0 Å². The second kappa shape index (κ2) is 38.7. The standard InChI is InChI=1S/C68H108N4O8S4/c1-61-37-45-65(46-38-61)81(73,74)69-53-29-21-13-5-7-15-23-31-55-70(82(75,76)66-47-39-62(2)40-48-66)57-33-25-17-9-11-19-27-35-59-72(84(79,80)68-51-43-64(4)44-52-68)60-36-28-20-12-10-18-26-34-58-71(56-32-24-16-8-6-14-22-30-54-69)83(77,78)67-49-41-63(3)42-50-67/h37-52H,5-36,53-60H2,1-4H3. The van der Waals surface area contributed by atoms with Crippen molar-refractivity contribution in [2.45, 2.75) is 253 Å². The van der Waals surface area contributed by atoms with Crippen LogP contribution in [0.2, 0.25) is 0 Å². The van der Waals surface area contributed by atoms with Crippen molar-refractivity contribution in [1.29, 1.82) is 0 Å². The molecule has 0 spiro atoms. The Balaban J connectivity index is 1.16. The van der Waals surface area contributed by atoms with Crippen molar-refractivity contribution in [3.63, 3.8) is 0 Å². The highest BCUT2D eigenvalue weighted by atomic mass is 32.2. The van der Waals surface area contributed by atoms with Gasteiger partial charge in [-0.2, -0.15) is 17.2 Å². The lowest BCUT2D eigenvalue weighted by Crippen LogP contribution is -2.33. The molecule has 0 atom stereocenters. The van der Waals surface area contributed by atoms with E-state index in [1.54, 1.807) is 65.8 Å². The van der Waals surface area contributed by atoms with Gasteiger partial charge in [-0.05, 0) is 128 Å². The molecule has 1 fully saturated rings. The van der Waals surface area contributed by atoms with Gasteiger partial charge in [0.1, 0.15) is 0 Å². The van der Waals surface area contributed by atoms with Crippen molar-refractivity contribution >= 4 is 40.1 Å². The first-order chi connectivity index (χ1) is 40.4. The van der Waals surface area contributed by atoms with Crippen LogP contribution in [0.1, 0.15) is 228 Å². The number of aryl methyl sites for hydroxylation is 4. The molecule has 0 aromatic heterocycles. The molecule has 12 nitrogen and oxygen atoms in total. The molecule has 4 aromatic carbocycles.